The van der Waals surface area contributed by atoms with Gasteiger partial charge in [-0.15, -0.1) is 0 Å². The second-order valence-corrected chi connectivity index (χ2v) is 12.6. The zero-order valence-electron chi connectivity index (χ0n) is 21.0. The van der Waals surface area contributed by atoms with Crippen LogP contribution in [0.3, 0.4) is 0 Å². The molecule has 2 aromatic heterocycles. The van der Waals surface area contributed by atoms with E-state index in [0.29, 0.717) is 17.4 Å². The lowest BCUT2D eigenvalue weighted by Crippen LogP contribution is -2.48. The summed E-state index contributed by atoms with van der Waals surface area (Å²) in [4.78, 5) is 37.3. The number of likely N-dealkylation sites (tertiary alicyclic amines) is 1. The number of nitrogen functional groups attached to an aromatic ring is 1. The number of hydrogen-bond donors (Lipinski definition) is 3. The fraction of sp³-hybridized carbons (Fsp3) is 0.440. The highest BCUT2D eigenvalue weighted by Gasteiger charge is 2.41. The summed E-state index contributed by atoms with van der Waals surface area (Å²) in [6.45, 7) is 3.78. The molecule has 11 nitrogen and oxygen atoms in total. The van der Waals surface area contributed by atoms with Crippen LogP contribution in [0.5, 0.6) is 0 Å². The molecule has 4 heterocycles. The predicted molar refractivity (Wildman–Crippen MR) is 145 cm³/mol. The Kier molecular flexibility index (Phi) is 7.25. The average Bonchev–Trinajstić information content (AvgIpc) is 3.65. The number of nitrogens with two attached hydrogens (primary N) is 1. The number of fused-ring (bicyclic) bond motifs is 1. The van der Waals surface area contributed by atoms with Crippen molar-refractivity contribution in [3.05, 3.63) is 41.7 Å². The first-order valence-electron chi connectivity index (χ1n) is 12.6. The van der Waals surface area contributed by atoms with Crippen molar-refractivity contribution >= 4 is 55.0 Å². The highest BCUT2D eigenvalue weighted by Crippen LogP contribution is 2.30. The standard InChI is InChI=1S/C25H30N6O5S2/c1-2-15-12-18-16(5-7-27-22(18)26)11-17(15)13-20(24(33)34)31-10-6-19(23(31)32)29-38(35,36)21-14-28-25(37-21)30-8-3-4-9-30/h5,7,11-12,14,19-20,29H,2-4,6,8-10,13H2,1H3,(H2,26,27)(H,33,34). The van der Waals surface area contributed by atoms with E-state index < -0.39 is 34.0 Å². The van der Waals surface area contributed by atoms with Gasteiger partial charge in [-0.25, -0.2) is 23.2 Å². The van der Waals surface area contributed by atoms with Crippen LogP contribution in [0.15, 0.2) is 34.8 Å². The zero-order valence-corrected chi connectivity index (χ0v) is 22.6. The second-order valence-electron chi connectivity index (χ2n) is 9.60. The lowest BCUT2D eigenvalue weighted by Gasteiger charge is -2.26. The van der Waals surface area contributed by atoms with Crippen molar-refractivity contribution in [2.75, 3.05) is 30.3 Å². The molecule has 1 aromatic carbocycles. The van der Waals surface area contributed by atoms with Gasteiger partial charge in [0.05, 0.1) is 6.20 Å². The number of aromatic nitrogens is 2. The van der Waals surface area contributed by atoms with Crippen LogP contribution in [-0.4, -0.2) is 72.0 Å². The Morgan fingerprint density at radius 3 is 2.71 bits per heavy atom. The topological polar surface area (TPSA) is 159 Å². The molecule has 202 valence electrons. The van der Waals surface area contributed by atoms with Crippen LogP contribution < -0.4 is 15.4 Å². The molecule has 5 rings (SSSR count). The van der Waals surface area contributed by atoms with Crippen LogP contribution in [0.2, 0.25) is 0 Å². The number of rotatable bonds is 9. The smallest absolute Gasteiger partial charge is 0.326 e. The van der Waals surface area contributed by atoms with Crippen molar-refractivity contribution in [3.63, 3.8) is 0 Å². The third-order valence-corrected chi connectivity index (χ3v) is 10.2. The molecule has 3 aromatic rings. The van der Waals surface area contributed by atoms with E-state index in [4.69, 9.17) is 5.73 Å². The number of sulfonamides is 1. The Balaban J connectivity index is 1.33. The molecule has 0 saturated carbocycles. The van der Waals surface area contributed by atoms with Gasteiger partial charge >= 0.3 is 5.97 Å². The minimum absolute atomic E-state index is 0.0398. The first kappa shape index (κ1) is 26.3. The number of aliphatic carboxylic acids is 1. The van der Waals surface area contributed by atoms with E-state index in [0.717, 1.165) is 59.2 Å². The summed E-state index contributed by atoms with van der Waals surface area (Å²) in [5, 5.41) is 12.3. The number of carboxylic acids is 1. The molecule has 2 fully saturated rings. The highest BCUT2D eigenvalue weighted by atomic mass is 32.2. The van der Waals surface area contributed by atoms with Crippen molar-refractivity contribution in [3.8, 4) is 0 Å². The molecule has 0 bridgehead atoms. The fourth-order valence-electron chi connectivity index (χ4n) is 5.19. The summed E-state index contributed by atoms with van der Waals surface area (Å²) in [5.41, 5.74) is 7.74. The number of benzene rings is 1. The highest BCUT2D eigenvalue weighted by molar-refractivity contribution is 7.91. The Morgan fingerprint density at radius 2 is 2.00 bits per heavy atom. The SMILES string of the molecule is CCc1cc2c(N)nccc2cc1CC(C(=O)O)N1CCC(NS(=O)(=O)c2cnc(N3CCCC3)s2)C1=O. The lowest BCUT2D eigenvalue weighted by molar-refractivity contribution is -0.148. The van der Waals surface area contributed by atoms with E-state index in [1.54, 1.807) is 6.20 Å². The van der Waals surface area contributed by atoms with E-state index in [2.05, 4.69) is 14.7 Å². The molecular weight excluding hydrogens is 528 g/mol. The summed E-state index contributed by atoms with van der Waals surface area (Å²) in [6, 6.07) is 3.45. The maximum Gasteiger partial charge on any atom is 0.326 e. The van der Waals surface area contributed by atoms with E-state index in [1.165, 1.54) is 11.1 Å². The van der Waals surface area contributed by atoms with Gasteiger partial charge in [0.1, 0.15) is 17.9 Å². The maximum atomic E-state index is 13.3. The molecular formula is C25H30N6O5S2. The van der Waals surface area contributed by atoms with Crippen LogP contribution in [0.4, 0.5) is 10.9 Å². The molecule has 2 atom stereocenters. The first-order chi connectivity index (χ1) is 18.2. The van der Waals surface area contributed by atoms with E-state index in [1.807, 2.05) is 30.0 Å². The largest absolute Gasteiger partial charge is 0.480 e. The number of aryl methyl sites for hydroxylation is 1. The third kappa shape index (κ3) is 5.05. The molecule has 4 N–H and O–H groups in total. The number of thiazole rings is 1. The van der Waals surface area contributed by atoms with Crippen LogP contribution in [0.1, 0.15) is 37.3 Å². The Morgan fingerprint density at radius 1 is 1.24 bits per heavy atom. The molecule has 0 spiro atoms. The third-order valence-electron chi connectivity index (χ3n) is 7.22. The number of carbonyl (C=O) groups is 2. The van der Waals surface area contributed by atoms with Gasteiger partial charge in [-0.1, -0.05) is 24.3 Å². The summed E-state index contributed by atoms with van der Waals surface area (Å²) in [7, 11) is -3.99. The number of pyridine rings is 1. The van der Waals surface area contributed by atoms with E-state index in [9.17, 15) is 23.1 Å². The molecule has 0 radical (unpaired) electrons. The second kappa shape index (κ2) is 10.5. The molecule has 0 aliphatic carbocycles. The quantitative estimate of drug-likeness (QED) is 0.357. The van der Waals surface area contributed by atoms with Crippen molar-refractivity contribution < 1.29 is 23.1 Å². The van der Waals surface area contributed by atoms with Crippen LogP contribution >= 0.6 is 11.3 Å². The van der Waals surface area contributed by atoms with E-state index >= 15 is 0 Å². The number of nitrogens with one attached hydrogen (secondary N) is 1. The molecule has 38 heavy (non-hydrogen) atoms. The van der Waals surface area contributed by atoms with Gasteiger partial charge in [0.2, 0.25) is 5.91 Å². The van der Waals surface area contributed by atoms with Crippen molar-refractivity contribution in [2.24, 2.45) is 0 Å². The molecule has 13 heteroatoms. The number of nitrogens with zero attached hydrogens (tertiary/aromatic N) is 4. The van der Waals surface area contributed by atoms with Gasteiger partial charge in [-0.3, -0.25) is 4.79 Å². The van der Waals surface area contributed by atoms with Crippen LogP contribution in [0, 0.1) is 0 Å². The molecule has 2 unspecified atom stereocenters. The number of anilines is 2. The zero-order chi connectivity index (χ0) is 27.0. The van der Waals surface area contributed by atoms with E-state index in [-0.39, 0.29) is 23.6 Å². The minimum Gasteiger partial charge on any atom is -0.480 e. The number of amides is 1. The summed E-state index contributed by atoms with van der Waals surface area (Å²) < 4.78 is 28.6. The molecule has 1 amide bonds. The Bertz CT molecular complexity index is 1480. The Labute approximate surface area is 224 Å². The lowest BCUT2D eigenvalue weighted by atomic mass is 9.94. The summed E-state index contributed by atoms with van der Waals surface area (Å²) >= 11 is 1.07. The number of carbonyl (C=O) groups excluding carboxylic acids is 1. The van der Waals surface area contributed by atoms with Gasteiger partial charge in [-0.2, -0.15) is 4.72 Å². The van der Waals surface area contributed by atoms with Gasteiger partial charge in [0.25, 0.3) is 10.0 Å². The summed E-state index contributed by atoms with van der Waals surface area (Å²) in [6.07, 6.45) is 5.92. The van der Waals surface area contributed by atoms with Crippen LogP contribution in [0.25, 0.3) is 10.8 Å². The predicted octanol–water partition coefficient (Wildman–Crippen LogP) is 2.01. The maximum absolute atomic E-state index is 13.3. The number of hydrogen-bond acceptors (Lipinski definition) is 9. The van der Waals surface area contributed by atoms with Gasteiger partial charge in [-0.05, 0) is 54.3 Å². The first-order valence-corrected chi connectivity index (χ1v) is 14.9. The number of carboxylic acid groups (broad SMARTS) is 1. The normalized spacial score (nSPS) is 19.0. The van der Waals surface area contributed by atoms with Crippen molar-refractivity contribution in [2.45, 2.75) is 55.3 Å². The van der Waals surface area contributed by atoms with Gasteiger partial charge in [0, 0.05) is 37.6 Å². The molecule has 2 aliphatic rings. The van der Waals surface area contributed by atoms with Crippen molar-refractivity contribution in [1.29, 1.82) is 0 Å². The minimum atomic E-state index is -3.99. The Hall–Kier alpha value is -3.29. The van der Waals surface area contributed by atoms with Gasteiger partial charge < -0.3 is 20.6 Å². The van der Waals surface area contributed by atoms with Crippen molar-refractivity contribution in [1.82, 2.24) is 19.6 Å². The average molecular weight is 559 g/mol. The molecule has 2 aliphatic heterocycles. The molecule has 2 saturated heterocycles. The van der Waals surface area contributed by atoms with Crippen LogP contribution in [-0.2, 0) is 32.5 Å². The fourth-order valence-corrected chi connectivity index (χ4v) is 7.60. The van der Waals surface area contributed by atoms with Gasteiger partial charge in [0.15, 0.2) is 9.34 Å². The summed E-state index contributed by atoms with van der Waals surface area (Å²) in [5.74, 6) is -1.29. The monoisotopic (exact) mass is 558 g/mol.